The number of aliphatic hydroxyl groups is 1. The van der Waals surface area contributed by atoms with Crippen molar-refractivity contribution < 1.29 is 15.0 Å². The summed E-state index contributed by atoms with van der Waals surface area (Å²) in [7, 11) is 0. The highest BCUT2D eigenvalue weighted by molar-refractivity contribution is 7.07. The third kappa shape index (κ3) is 2.32. The molecule has 0 saturated carbocycles. The fourth-order valence-corrected chi connectivity index (χ4v) is 1.40. The van der Waals surface area contributed by atoms with E-state index in [9.17, 15) is 4.79 Å². The van der Waals surface area contributed by atoms with Gasteiger partial charge in [0.15, 0.2) is 6.10 Å². The minimum Gasteiger partial charge on any atom is -0.479 e. The zero-order valence-corrected chi connectivity index (χ0v) is 6.54. The van der Waals surface area contributed by atoms with Crippen molar-refractivity contribution in [3.63, 3.8) is 0 Å². The second kappa shape index (κ2) is 3.50. The van der Waals surface area contributed by atoms with Crippen molar-refractivity contribution in [1.82, 2.24) is 0 Å². The van der Waals surface area contributed by atoms with Gasteiger partial charge in [0.2, 0.25) is 0 Å². The number of carboxylic acids is 1. The van der Waals surface area contributed by atoms with Gasteiger partial charge in [0.05, 0.1) is 0 Å². The normalized spacial score (nSPS) is 12.8. The lowest BCUT2D eigenvalue weighted by molar-refractivity contribution is -0.146. The molecule has 0 spiro atoms. The first-order valence-electron chi connectivity index (χ1n) is 3.12. The fraction of sp³-hybridized carbons (Fsp3) is 0.286. The Morgan fingerprint density at radius 2 is 2.45 bits per heavy atom. The van der Waals surface area contributed by atoms with Gasteiger partial charge in [-0.2, -0.15) is 11.3 Å². The molecule has 60 valence electrons. The lowest BCUT2D eigenvalue weighted by atomic mass is 10.1. The summed E-state index contributed by atoms with van der Waals surface area (Å²) >= 11 is 1.49. The molecule has 1 rings (SSSR count). The third-order valence-electron chi connectivity index (χ3n) is 1.29. The van der Waals surface area contributed by atoms with Crippen molar-refractivity contribution in [2.75, 3.05) is 0 Å². The van der Waals surface area contributed by atoms with Crippen LogP contribution in [0.4, 0.5) is 0 Å². The van der Waals surface area contributed by atoms with Crippen molar-refractivity contribution >= 4 is 17.3 Å². The number of carboxylic acid groups (broad SMARTS) is 1. The van der Waals surface area contributed by atoms with Crippen LogP contribution in [0.1, 0.15) is 5.56 Å². The van der Waals surface area contributed by atoms with E-state index in [1.165, 1.54) is 11.3 Å². The second-order valence-corrected chi connectivity index (χ2v) is 2.97. The van der Waals surface area contributed by atoms with E-state index in [0.717, 1.165) is 5.56 Å². The first-order valence-corrected chi connectivity index (χ1v) is 4.06. The Balaban J connectivity index is 2.50. The van der Waals surface area contributed by atoms with Gasteiger partial charge >= 0.3 is 5.97 Å². The Morgan fingerprint density at radius 3 is 2.91 bits per heavy atom. The maximum absolute atomic E-state index is 10.2. The van der Waals surface area contributed by atoms with Crippen molar-refractivity contribution in [2.45, 2.75) is 12.5 Å². The van der Waals surface area contributed by atoms with Crippen molar-refractivity contribution in [3.8, 4) is 0 Å². The van der Waals surface area contributed by atoms with E-state index in [1.54, 1.807) is 6.07 Å². The molecule has 0 aliphatic carbocycles. The monoisotopic (exact) mass is 172 g/mol. The molecule has 1 heterocycles. The van der Waals surface area contributed by atoms with Crippen molar-refractivity contribution in [3.05, 3.63) is 22.4 Å². The Hall–Kier alpha value is -0.870. The van der Waals surface area contributed by atoms with E-state index >= 15 is 0 Å². The van der Waals surface area contributed by atoms with Crippen molar-refractivity contribution in [2.24, 2.45) is 0 Å². The lowest BCUT2D eigenvalue weighted by Gasteiger charge is -2.01. The topological polar surface area (TPSA) is 57.5 Å². The maximum atomic E-state index is 10.2. The molecule has 0 radical (unpaired) electrons. The highest BCUT2D eigenvalue weighted by Crippen LogP contribution is 2.08. The van der Waals surface area contributed by atoms with Gasteiger partial charge in [0, 0.05) is 6.42 Å². The Bertz CT molecular complexity index is 230. The Labute approximate surface area is 67.9 Å². The highest BCUT2D eigenvalue weighted by Gasteiger charge is 2.13. The second-order valence-electron chi connectivity index (χ2n) is 2.19. The van der Waals surface area contributed by atoms with Crippen LogP contribution in [0.2, 0.25) is 0 Å². The molecule has 0 saturated heterocycles. The SMILES string of the molecule is O=C(O)[C@H](O)Cc1ccsc1. The van der Waals surface area contributed by atoms with Gasteiger partial charge in [-0.1, -0.05) is 0 Å². The van der Waals surface area contributed by atoms with Crippen LogP contribution in [-0.2, 0) is 11.2 Å². The number of rotatable bonds is 3. The predicted molar refractivity (Wildman–Crippen MR) is 41.7 cm³/mol. The van der Waals surface area contributed by atoms with Crippen LogP contribution >= 0.6 is 11.3 Å². The first kappa shape index (κ1) is 8.23. The minimum atomic E-state index is -1.27. The van der Waals surface area contributed by atoms with E-state index in [2.05, 4.69) is 0 Å². The minimum absolute atomic E-state index is 0.193. The van der Waals surface area contributed by atoms with E-state index in [0.29, 0.717) is 0 Å². The zero-order chi connectivity index (χ0) is 8.27. The van der Waals surface area contributed by atoms with Gasteiger partial charge in [0.25, 0.3) is 0 Å². The summed E-state index contributed by atoms with van der Waals surface area (Å²) in [6.07, 6.45) is -1.08. The standard InChI is InChI=1S/C7H8O3S/c8-6(7(9)10)3-5-1-2-11-4-5/h1-2,4,6,8H,3H2,(H,9,10)/t6-/m1/s1. The molecule has 3 nitrogen and oxygen atoms in total. The molecular weight excluding hydrogens is 164 g/mol. The molecule has 1 atom stereocenters. The molecule has 4 heteroatoms. The smallest absolute Gasteiger partial charge is 0.332 e. The molecule has 0 aliphatic heterocycles. The third-order valence-corrected chi connectivity index (χ3v) is 2.03. The number of hydrogen-bond donors (Lipinski definition) is 2. The largest absolute Gasteiger partial charge is 0.479 e. The molecule has 2 N–H and O–H groups in total. The van der Waals surface area contributed by atoms with E-state index in [-0.39, 0.29) is 6.42 Å². The van der Waals surface area contributed by atoms with Crippen LogP contribution in [0.5, 0.6) is 0 Å². The number of thiophene rings is 1. The van der Waals surface area contributed by atoms with E-state index in [4.69, 9.17) is 10.2 Å². The van der Waals surface area contributed by atoms with Gasteiger partial charge in [-0.05, 0) is 22.4 Å². The van der Waals surface area contributed by atoms with Gasteiger partial charge in [-0.15, -0.1) is 0 Å². The summed E-state index contributed by atoms with van der Waals surface area (Å²) in [5.41, 5.74) is 0.866. The summed E-state index contributed by atoms with van der Waals surface area (Å²) < 4.78 is 0. The van der Waals surface area contributed by atoms with E-state index < -0.39 is 12.1 Å². The van der Waals surface area contributed by atoms with Crippen LogP contribution in [0.25, 0.3) is 0 Å². The number of carbonyl (C=O) groups is 1. The maximum Gasteiger partial charge on any atom is 0.332 e. The van der Waals surface area contributed by atoms with Gasteiger partial charge in [-0.3, -0.25) is 0 Å². The molecule has 0 fully saturated rings. The van der Waals surface area contributed by atoms with Gasteiger partial charge in [0.1, 0.15) is 0 Å². The van der Waals surface area contributed by atoms with Crippen LogP contribution in [0.15, 0.2) is 16.8 Å². The number of aliphatic carboxylic acids is 1. The number of aliphatic hydroxyl groups excluding tert-OH is 1. The summed E-state index contributed by atoms with van der Waals surface area (Å²) in [6, 6.07) is 1.80. The van der Waals surface area contributed by atoms with Crippen LogP contribution < -0.4 is 0 Å². The highest BCUT2D eigenvalue weighted by atomic mass is 32.1. The van der Waals surface area contributed by atoms with E-state index in [1.807, 2.05) is 10.8 Å². The molecular formula is C7H8O3S. The molecule has 0 aliphatic rings. The lowest BCUT2D eigenvalue weighted by Crippen LogP contribution is -2.21. The molecule has 0 bridgehead atoms. The molecule has 11 heavy (non-hydrogen) atoms. The Kier molecular flexibility index (Phi) is 2.62. The molecule has 0 aromatic carbocycles. The fourth-order valence-electron chi connectivity index (χ4n) is 0.719. The van der Waals surface area contributed by atoms with Gasteiger partial charge < -0.3 is 10.2 Å². The zero-order valence-electron chi connectivity index (χ0n) is 5.73. The summed E-state index contributed by atoms with van der Waals surface area (Å²) in [4.78, 5) is 10.2. The first-order chi connectivity index (χ1) is 5.20. The molecule has 1 aromatic heterocycles. The Morgan fingerprint density at radius 1 is 1.73 bits per heavy atom. The molecule has 0 amide bonds. The quantitative estimate of drug-likeness (QED) is 0.706. The molecule has 1 aromatic rings. The summed E-state index contributed by atoms with van der Waals surface area (Å²) in [6.45, 7) is 0. The van der Waals surface area contributed by atoms with Crippen molar-refractivity contribution in [1.29, 1.82) is 0 Å². The summed E-state index contributed by atoms with van der Waals surface area (Å²) in [5.74, 6) is -1.17. The average molecular weight is 172 g/mol. The average Bonchev–Trinajstić information content (AvgIpc) is 2.39. The summed E-state index contributed by atoms with van der Waals surface area (Å²) in [5, 5.41) is 20.9. The number of hydrogen-bond acceptors (Lipinski definition) is 3. The van der Waals surface area contributed by atoms with Crippen LogP contribution in [0.3, 0.4) is 0 Å². The van der Waals surface area contributed by atoms with Crippen LogP contribution in [-0.4, -0.2) is 22.3 Å². The molecule has 0 unspecified atom stereocenters. The predicted octanol–water partition coefficient (Wildman–Crippen LogP) is 0.736. The van der Waals surface area contributed by atoms with Gasteiger partial charge in [-0.25, -0.2) is 4.79 Å². The van der Waals surface area contributed by atoms with Crippen LogP contribution in [0, 0.1) is 0 Å².